The molecule has 4 atom stereocenters. The first-order chi connectivity index (χ1) is 17.6. The first-order valence-corrected chi connectivity index (χ1v) is 12.7. The maximum atomic E-state index is 13.1. The monoisotopic (exact) mass is 498 g/mol. The number of carbonyl (C=O) groups is 2. The van der Waals surface area contributed by atoms with Crippen molar-refractivity contribution in [2.45, 2.75) is 57.7 Å². The number of ether oxygens (including phenoxy) is 3. The molecular weight excluding hydrogens is 468 g/mol. The lowest BCUT2D eigenvalue weighted by Gasteiger charge is -2.48. The standard InChI is InChI=1S/C31H30O6/c1-29-14-13-21(17-29)31(3)30(29,2)24-15-20(9-12-26(24)37-31)27(33)36-22-10-11-23(25(32)16-22)28(34)35-18-19-7-5-4-6-8-19/h4-12,15-16,21,32H,13-14,17-18H2,1-3H3. The van der Waals surface area contributed by atoms with Crippen LogP contribution in [0.15, 0.2) is 66.7 Å². The van der Waals surface area contributed by atoms with Crippen molar-refractivity contribution in [3.05, 3.63) is 89.0 Å². The van der Waals surface area contributed by atoms with Gasteiger partial charge in [0.1, 0.15) is 35.0 Å². The molecule has 1 aliphatic heterocycles. The van der Waals surface area contributed by atoms with Gasteiger partial charge < -0.3 is 19.3 Å². The van der Waals surface area contributed by atoms with Crippen molar-refractivity contribution < 1.29 is 28.9 Å². The van der Waals surface area contributed by atoms with Crippen LogP contribution in [-0.2, 0) is 16.8 Å². The molecule has 6 heteroatoms. The van der Waals surface area contributed by atoms with E-state index in [1.54, 1.807) is 6.07 Å². The normalized spacial score (nSPS) is 28.8. The molecule has 0 spiro atoms. The Balaban J connectivity index is 1.19. The van der Waals surface area contributed by atoms with E-state index < -0.39 is 11.9 Å². The van der Waals surface area contributed by atoms with E-state index in [4.69, 9.17) is 14.2 Å². The summed E-state index contributed by atoms with van der Waals surface area (Å²) in [4.78, 5) is 25.5. The highest BCUT2D eigenvalue weighted by atomic mass is 16.5. The van der Waals surface area contributed by atoms with Gasteiger partial charge in [-0.2, -0.15) is 0 Å². The molecular formula is C31H30O6. The number of hydrogen-bond donors (Lipinski definition) is 1. The average molecular weight is 499 g/mol. The second-order valence-electron chi connectivity index (χ2n) is 11.2. The Bertz CT molecular complexity index is 1410. The maximum absolute atomic E-state index is 13.1. The molecule has 6 nitrogen and oxygen atoms in total. The van der Waals surface area contributed by atoms with Crippen molar-refractivity contribution in [1.82, 2.24) is 0 Å². The summed E-state index contributed by atoms with van der Waals surface area (Å²) < 4.78 is 17.4. The summed E-state index contributed by atoms with van der Waals surface area (Å²) in [6, 6.07) is 18.9. The number of esters is 2. The van der Waals surface area contributed by atoms with Crippen molar-refractivity contribution in [3.8, 4) is 17.2 Å². The zero-order valence-corrected chi connectivity index (χ0v) is 21.2. The van der Waals surface area contributed by atoms with Gasteiger partial charge in [0.15, 0.2) is 0 Å². The van der Waals surface area contributed by atoms with Gasteiger partial charge in [0.05, 0.1) is 5.56 Å². The molecule has 1 heterocycles. The second kappa shape index (κ2) is 8.10. The number of aromatic hydroxyl groups is 1. The number of carbonyl (C=O) groups excluding carboxylic acids is 2. The number of rotatable bonds is 5. The lowest BCUT2D eigenvalue weighted by Crippen LogP contribution is -2.54. The molecule has 0 radical (unpaired) electrons. The molecule has 2 bridgehead atoms. The van der Waals surface area contributed by atoms with E-state index in [0.29, 0.717) is 11.5 Å². The molecule has 0 amide bonds. The third-order valence-electron chi connectivity index (χ3n) is 9.41. The fraction of sp³-hybridized carbons (Fsp3) is 0.355. The van der Waals surface area contributed by atoms with Crippen LogP contribution in [0.4, 0.5) is 0 Å². The number of hydrogen-bond acceptors (Lipinski definition) is 6. The first-order valence-electron chi connectivity index (χ1n) is 12.7. The van der Waals surface area contributed by atoms with E-state index >= 15 is 0 Å². The van der Waals surface area contributed by atoms with Gasteiger partial charge in [0, 0.05) is 17.0 Å². The predicted octanol–water partition coefficient (Wildman–Crippen LogP) is 6.20. The van der Waals surface area contributed by atoms with Crippen molar-refractivity contribution in [2.24, 2.45) is 11.3 Å². The summed E-state index contributed by atoms with van der Waals surface area (Å²) in [5.74, 6) is -0.0205. The van der Waals surface area contributed by atoms with Gasteiger partial charge in [-0.05, 0) is 73.4 Å². The molecule has 4 unspecified atom stereocenters. The van der Waals surface area contributed by atoms with Crippen LogP contribution in [0, 0.1) is 11.3 Å². The Morgan fingerprint density at radius 1 is 1.00 bits per heavy atom. The van der Waals surface area contributed by atoms with Gasteiger partial charge >= 0.3 is 11.9 Å². The Kier molecular flexibility index (Phi) is 5.17. The van der Waals surface area contributed by atoms with Crippen molar-refractivity contribution in [1.29, 1.82) is 0 Å². The summed E-state index contributed by atoms with van der Waals surface area (Å²) in [7, 11) is 0. The summed E-state index contributed by atoms with van der Waals surface area (Å²) in [6.07, 6.45) is 3.46. The van der Waals surface area contributed by atoms with E-state index in [2.05, 4.69) is 20.8 Å². The molecule has 190 valence electrons. The highest BCUT2D eigenvalue weighted by Gasteiger charge is 2.73. The quantitative estimate of drug-likeness (QED) is 0.333. The van der Waals surface area contributed by atoms with Gasteiger partial charge in [-0.25, -0.2) is 9.59 Å². The van der Waals surface area contributed by atoms with Crippen LogP contribution < -0.4 is 9.47 Å². The van der Waals surface area contributed by atoms with E-state index in [9.17, 15) is 14.7 Å². The van der Waals surface area contributed by atoms with E-state index in [-0.39, 0.29) is 40.1 Å². The minimum Gasteiger partial charge on any atom is -0.507 e. The molecule has 3 aliphatic rings. The zero-order chi connectivity index (χ0) is 26.0. The molecule has 0 aromatic heterocycles. The fourth-order valence-corrected chi connectivity index (χ4v) is 7.03. The molecule has 0 saturated heterocycles. The number of benzene rings is 3. The lowest BCUT2D eigenvalue weighted by atomic mass is 9.56. The molecule has 1 N–H and O–H groups in total. The van der Waals surface area contributed by atoms with E-state index in [1.807, 2.05) is 42.5 Å². The van der Waals surface area contributed by atoms with Crippen LogP contribution in [0.5, 0.6) is 17.2 Å². The Hall–Kier alpha value is -3.80. The maximum Gasteiger partial charge on any atom is 0.343 e. The molecule has 3 aromatic rings. The second-order valence-corrected chi connectivity index (χ2v) is 11.2. The summed E-state index contributed by atoms with van der Waals surface area (Å²) >= 11 is 0. The number of phenolic OH excluding ortho intramolecular Hbond substituents is 1. The Morgan fingerprint density at radius 2 is 1.78 bits per heavy atom. The van der Waals surface area contributed by atoms with Gasteiger partial charge in [-0.1, -0.05) is 44.2 Å². The Morgan fingerprint density at radius 3 is 2.54 bits per heavy atom. The third-order valence-corrected chi connectivity index (χ3v) is 9.41. The highest BCUT2D eigenvalue weighted by Crippen LogP contribution is 2.73. The number of phenols is 1. The van der Waals surface area contributed by atoms with Crippen molar-refractivity contribution in [3.63, 3.8) is 0 Å². The third kappa shape index (κ3) is 3.38. The predicted molar refractivity (Wildman–Crippen MR) is 137 cm³/mol. The topological polar surface area (TPSA) is 82.1 Å². The van der Waals surface area contributed by atoms with Crippen molar-refractivity contribution >= 4 is 11.9 Å². The first kappa shape index (κ1) is 23.6. The van der Waals surface area contributed by atoms with Crippen molar-refractivity contribution in [2.75, 3.05) is 0 Å². The van der Waals surface area contributed by atoms with Crippen LogP contribution in [0.2, 0.25) is 0 Å². The largest absolute Gasteiger partial charge is 0.507 e. The van der Waals surface area contributed by atoms with Crippen LogP contribution in [0.1, 0.15) is 71.9 Å². The fourth-order valence-electron chi connectivity index (χ4n) is 7.03. The van der Waals surface area contributed by atoms with Crippen LogP contribution in [-0.4, -0.2) is 22.6 Å². The highest BCUT2D eigenvalue weighted by molar-refractivity contribution is 5.94. The summed E-state index contributed by atoms with van der Waals surface area (Å²) in [5, 5.41) is 10.4. The molecule has 37 heavy (non-hydrogen) atoms. The number of fused-ring (bicyclic) bond motifs is 7. The Labute approximate surface area is 216 Å². The SMILES string of the molecule is CC12CCC(C1)C1(C)Oc3ccc(C(=O)Oc4ccc(C(=O)OCc5ccccc5)c(O)c4)cc3C21C. The molecule has 2 aliphatic carbocycles. The average Bonchev–Trinajstić information content (AvgIpc) is 3.46. The minimum absolute atomic E-state index is 0.00199. The molecule has 2 fully saturated rings. The molecule has 6 rings (SSSR count). The summed E-state index contributed by atoms with van der Waals surface area (Å²) in [6.45, 7) is 6.93. The van der Waals surface area contributed by atoms with Gasteiger partial charge in [0.2, 0.25) is 0 Å². The van der Waals surface area contributed by atoms with Crippen LogP contribution in [0.3, 0.4) is 0 Å². The van der Waals surface area contributed by atoms with Crippen LogP contribution in [0.25, 0.3) is 0 Å². The van der Waals surface area contributed by atoms with Gasteiger partial charge in [-0.3, -0.25) is 0 Å². The van der Waals surface area contributed by atoms with E-state index in [1.165, 1.54) is 24.6 Å². The molecule has 3 aromatic carbocycles. The van der Waals surface area contributed by atoms with Gasteiger partial charge in [0.25, 0.3) is 0 Å². The summed E-state index contributed by atoms with van der Waals surface area (Å²) in [5.41, 5.74) is 1.99. The lowest BCUT2D eigenvalue weighted by molar-refractivity contribution is -0.0260. The van der Waals surface area contributed by atoms with E-state index in [0.717, 1.165) is 29.7 Å². The zero-order valence-electron chi connectivity index (χ0n) is 21.2. The smallest absolute Gasteiger partial charge is 0.343 e. The van der Waals surface area contributed by atoms with Gasteiger partial charge in [-0.15, -0.1) is 0 Å². The molecule has 2 saturated carbocycles. The van der Waals surface area contributed by atoms with Crippen LogP contribution >= 0.6 is 0 Å². The minimum atomic E-state index is -0.659.